The lowest BCUT2D eigenvalue weighted by Crippen LogP contribution is -2.52. The zero-order chi connectivity index (χ0) is 25.2. The highest BCUT2D eigenvalue weighted by atomic mass is 16.5. The number of hydrogen-bond donors (Lipinski definition) is 1. The molecule has 1 unspecified atom stereocenters. The number of amides is 2. The topological polar surface area (TPSA) is 67.9 Å². The van der Waals surface area contributed by atoms with E-state index in [1.54, 1.807) is 12.0 Å². The van der Waals surface area contributed by atoms with E-state index in [1.807, 2.05) is 55.5 Å². The number of methoxy groups -OCH3 is 1. The fourth-order valence-electron chi connectivity index (χ4n) is 4.57. The van der Waals surface area contributed by atoms with Crippen molar-refractivity contribution in [3.63, 3.8) is 0 Å². The van der Waals surface area contributed by atoms with E-state index in [-0.39, 0.29) is 24.5 Å². The number of benzene rings is 2. The highest BCUT2D eigenvalue weighted by Gasteiger charge is 2.30. The van der Waals surface area contributed by atoms with Gasteiger partial charge in [-0.2, -0.15) is 0 Å². The summed E-state index contributed by atoms with van der Waals surface area (Å²) in [7, 11) is 1.62. The van der Waals surface area contributed by atoms with Crippen molar-refractivity contribution in [3.8, 4) is 11.5 Å². The summed E-state index contributed by atoms with van der Waals surface area (Å²) in [5.41, 5.74) is 2.15. The summed E-state index contributed by atoms with van der Waals surface area (Å²) in [5.74, 6) is 1.54. The minimum absolute atomic E-state index is 0.0810. The van der Waals surface area contributed by atoms with Gasteiger partial charge < -0.3 is 19.7 Å². The number of rotatable bonds is 11. The normalized spacial score (nSPS) is 14.9. The molecule has 3 rings (SSSR count). The van der Waals surface area contributed by atoms with Gasteiger partial charge in [-0.1, -0.05) is 64.3 Å². The number of carbonyl (C=O) groups excluding carboxylic acids is 2. The van der Waals surface area contributed by atoms with Crippen LogP contribution >= 0.6 is 0 Å². The Morgan fingerprint density at radius 3 is 2.17 bits per heavy atom. The summed E-state index contributed by atoms with van der Waals surface area (Å²) in [6.07, 6.45) is 6.04. The summed E-state index contributed by atoms with van der Waals surface area (Å²) in [6, 6.07) is 15.1. The molecule has 190 valence electrons. The molecule has 0 radical (unpaired) electrons. The number of carbonyl (C=O) groups is 2. The average Bonchev–Trinajstić information content (AvgIpc) is 2.88. The highest BCUT2D eigenvalue weighted by molar-refractivity contribution is 5.88. The zero-order valence-corrected chi connectivity index (χ0v) is 21.6. The molecule has 0 aliphatic heterocycles. The molecule has 0 heterocycles. The van der Waals surface area contributed by atoms with Crippen molar-refractivity contribution >= 4 is 11.8 Å². The molecule has 1 aliphatic carbocycles. The molecule has 1 N–H and O–H groups in total. The maximum Gasteiger partial charge on any atom is 0.261 e. The fraction of sp³-hybridized carbons (Fsp3) is 0.517. The molecule has 35 heavy (non-hydrogen) atoms. The van der Waals surface area contributed by atoms with E-state index < -0.39 is 6.04 Å². The molecule has 1 saturated carbocycles. The molecule has 0 spiro atoms. The van der Waals surface area contributed by atoms with Crippen LogP contribution in [0.1, 0.15) is 76.3 Å². The summed E-state index contributed by atoms with van der Waals surface area (Å²) < 4.78 is 11.1. The summed E-state index contributed by atoms with van der Waals surface area (Å²) >= 11 is 0. The van der Waals surface area contributed by atoms with Gasteiger partial charge in [0.05, 0.1) is 7.11 Å². The SMILES string of the molecule is CCC(C(=O)NC1CCCCC1)N(Cc1ccc(OC)cc1)C(=O)COc1ccc(C(C)C)cc1. The van der Waals surface area contributed by atoms with E-state index in [2.05, 4.69) is 19.2 Å². The second-order valence-corrected chi connectivity index (χ2v) is 9.65. The van der Waals surface area contributed by atoms with E-state index in [0.717, 1.165) is 37.0 Å². The maximum absolute atomic E-state index is 13.4. The van der Waals surface area contributed by atoms with Gasteiger partial charge in [-0.3, -0.25) is 9.59 Å². The van der Waals surface area contributed by atoms with E-state index in [1.165, 1.54) is 12.0 Å². The van der Waals surface area contributed by atoms with Gasteiger partial charge in [-0.05, 0) is 60.6 Å². The van der Waals surface area contributed by atoms with Gasteiger partial charge in [-0.15, -0.1) is 0 Å². The number of hydrogen-bond acceptors (Lipinski definition) is 4. The van der Waals surface area contributed by atoms with Crippen LogP contribution in [-0.2, 0) is 16.1 Å². The predicted octanol–water partition coefficient (Wildman–Crippen LogP) is 5.45. The van der Waals surface area contributed by atoms with E-state index >= 15 is 0 Å². The van der Waals surface area contributed by atoms with Crippen molar-refractivity contribution in [3.05, 3.63) is 59.7 Å². The van der Waals surface area contributed by atoms with Crippen LogP contribution in [0.25, 0.3) is 0 Å². The molecular formula is C29H40N2O4. The van der Waals surface area contributed by atoms with Crippen molar-refractivity contribution in [2.75, 3.05) is 13.7 Å². The van der Waals surface area contributed by atoms with Crippen molar-refractivity contribution in [1.29, 1.82) is 0 Å². The minimum Gasteiger partial charge on any atom is -0.497 e. The van der Waals surface area contributed by atoms with Gasteiger partial charge in [0.15, 0.2) is 6.61 Å². The average molecular weight is 481 g/mol. The first-order chi connectivity index (χ1) is 16.9. The minimum atomic E-state index is -0.557. The zero-order valence-electron chi connectivity index (χ0n) is 21.6. The Labute approximate surface area is 210 Å². The molecule has 1 atom stereocenters. The standard InChI is InChI=1S/C29H40N2O4/c1-5-27(29(33)30-24-9-7-6-8-10-24)31(19-22-11-15-25(34-4)16-12-22)28(32)20-35-26-17-13-23(14-18-26)21(2)3/h11-18,21,24,27H,5-10,19-20H2,1-4H3,(H,30,33). The lowest BCUT2D eigenvalue weighted by atomic mass is 9.95. The van der Waals surface area contributed by atoms with Crippen LogP contribution in [0.4, 0.5) is 0 Å². The lowest BCUT2D eigenvalue weighted by Gasteiger charge is -2.32. The molecule has 2 aromatic rings. The van der Waals surface area contributed by atoms with Crippen molar-refractivity contribution in [1.82, 2.24) is 10.2 Å². The molecule has 1 aliphatic rings. The van der Waals surface area contributed by atoms with E-state index in [0.29, 0.717) is 24.6 Å². The molecule has 6 heteroatoms. The van der Waals surface area contributed by atoms with Crippen LogP contribution in [0.2, 0.25) is 0 Å². The number of nitrogens with zero attached hydrogens (tertiary/aromatic N) is 1. The van der Waals surface area contributed by atoms with Gasteiger partial charge in [0, 0.05) is 12.6 Å². The first-order valence-electron chi connectivity index (χ1n) is 12.9. The molecule has 2 aromatic carbocycles. The van der Waals surface area contributed by atoms with Crippen molar-refractivity contribution < 1.29 is 19.1 Å². The predicted molar refractivity (Wildman–Crippen MR) is 139 cm³/mol. The van der Waals surface area contributed by atoms with E-state index in [4.69, 9.17) is 9.47 Å². The third-order valence-electron chi connectivity index (χ3n) is 6.76. The summed E-state index contributed by atoms with van der Waals surface area (Å²) in [4.78, 5) is 28.4. The monoisotopic (exact) mass is 480 g/mol. The molecule has 0 saturated heterocycles. The lowest BCUT2D eigenvalue weighted by molar-refractivity contribution is -0.143. The number of ether oxygens (including phenoxy) is 2. The van der Waals surface area contributed by atoms with Crippen LogP contribution < -0.4 is 14.8 Å². The second kappa shape index (κ2) is 13.2. The van der Waals surface area contributed by atoms with Crippen molar-refractivity contribution in [2.24, 2.45) is 0 Å². The number of nitrogens with one attached hydrogen (secondary N) is 1. The Morgan fingerprint density at radius 1 is 0.971 bits per heavy atom. The van der Waals surface area contributed by atoms with Crippen LogP contribution in [0.5, 0.6) is 11.5 Å². The first kappa shape index (κ1) is 26.6. The van der Waals surface area contributed by atoms with Crippen LogP contribution in [-0.4, -0.2) is 42.5 Å². The summed E-state index contributed by atoms with van der Waals surface area (Å²) in [6.45, 7) is 6.43. The Hall–Kier alpha value is -3.02. The molecule has 2 amide bonds. The Bertz CT molecular complexity index is 934. The highest BCUT2D eigenvalue weighted by Crippen LogP contribution is 2.21. The van der Waals surface area contributed by atoms with Gasteiger partial charge in [0.25, 0.3) is 5.91 Å². The third kappa shape index (κ3) is 7.74. The molecule has 0 aromatic heterocycles. The quantitative estimate of drug-likeness (QED) is 0.464. The smallest absolute Gasteiger partial charge is 0.261 e. The molecule has 0 bridgehead atoms. The second-order valence-electron chi connectivity index (χ2n) is 9.65. The van der Waals surface area contributed by atoms with Gasteiger partial charge in [0.2, 0.25) is 5.91 Å². The Balaban J connectivity index is 1.73. The Morgan fingerprint density at radius 2 is 1.60 bits per heavy atom. The third-order valence-corrected chi connectivity index (χ3v) is 6.76. The Kier molecular flexibility index (Phi) is 10.0. The fourth-order valence-corrected chi connectivity index (χ4v) is 4.57. The maximum atomic E-state index is 13.4. The van der Waals surface area contributed by atoms with Crippen LogP contribution in [0.3, 0.4) is 0 Å². The molecular weight excluding hydrogens is 440 g/mol. The molecule has 1 fully saturated rings. The van der Waals surface area contributed by atoms with Crippen molar-refractivity contribution in [2.45, 2.75) is 83.8 Å². The van der Waals surface area contributed by atoms with E-state index in [9.17, 15) is 9.59 Å². The van der Waals surface area contributed by atoms with Crippen LogP contribution in [0, 0.1) is 0 Å². The molecule has 6 nitrogen and oxygen atoms in total. The van der Waals surface area contributed by atoms with Gasteiger partial charge in [-0.25, -0.2) is 0 Å². The first-order valence-corrected chi connectivity index (χ1v) is 12.9. The summed E-state index contributed by atoms with van der Waals surface area (Å²) in [5, 5.41) is 3.21. The van der Waals surface area contributed by atoms with Gasteiger partial charge in [0.1, 0.15) is 17.5 Å². The van der Waals surface area contributed by atoms with Crippen LogP contribution in [0.15, 0.2) is 48.5 Å². The van der Waals surface area contributed by atoms with Gasteiger partial charge >= 0.3 is 0 Å². The largest absolute Gasteiger partial charge is 0.497 e.